The fourth-order valence-electron chi connectivity index (χ4n) is 1.73. The quantitative estimate of drug-likeness (QED) is 0.429. The Kier molecular flexibility index (Phi) is 7.47. The lowest BCUT2D eigenvalue weighted by atomic mass is 9.95. The first-order valence-corrected chi connectivity index (χ1v) is 8.54. The van der Waals surface area contributed by atoms with Crippen molar-refractivity contribution >= 4 is 29.3 Å². The van der Waals surface area contributed by atoms with Crippen molar-refractivity contribution in [3.8, 4) is 0 Å². The predicted molar refractivity (Wildman–Crippen MR) is 83.3 cm³/mol. The number of rotatable bonds is 9. The molecule has 0 spiro atoms. The van der Waals surface area contributed by atoms with Crippen LogP contribution in [0.15, 0.2) is 4.34 Å². The fourth-order valence-corrected chi connectivity index (χ4v) is 3.50. The van der Waals surface area contributed by atoms with Gasteiger partial charge in [0.15, 0.2) is 4.34 Å². The summed E-state index contributed by atoms with van der Waals surface area (Å²) in [6, 6.07) is 0. The van der Waals surface area contributed by atoms with Gasteiger partial charge >= 0.3 is 5.97 Å². The first kappa shape index (κ1) is 17.4. The molecule has 0 saturated heterocycles. The van der Waals surface area contributed by atoms with Crippen molar-refractivity contribution in [1.29, 1.82) is 0 Å². The van der Waals surface area contributed by atoms with Crippen LogP contribution in [0.3, 0.4) is 0 Å². The van der Waals surface area contributed by atoms with Crippen LogP contribution in [0.5, 0.6) is 0 Å². The van der Waals surface area contributed by atoms with Crippen LogP contribution in [-0.2, 0) is 16.0 Å². The van der Waals surface area contributed by atoms with E-state index in [2.05, 4.69) is 21.6 Å². The molecular weight excluding hydrogens is 294 g/mol. The monoisotopic (exact) mass is 317 g/mol. The number of nitrogens with one attached hydrogen (secondary N) is 1. The molecule has 1 atom stereocenters. The zero-order chi connectivity index (χ0) is 15.0. The Balaban J connectivity index is 2.25. The minimum absolute atomic E-state index is 0.204. The number of carbonyl (C=O) groups excluding carboxylic acids is 1. The molecule has 0 aliphatic heterocycles. The van der Waals surface area contributed by atoms with E-state index in [1.165, 1.54) is 18.6 Å². The van der Waals surface area contributed by atoms with E-state index >= 15 is 0 Å². The molecule has 1 aromatic rings. The Morgan fingerprint density at radius 1 is 1.50 bits per heavy atom. The summed E-state index contributed by atoms with van der Waals surface area (Å²) in [5.74, 6) is 1.72. The first-order chi connectivity index (χ1) is 9.55. The van der Waals surface area contributed by atoms with Crippen LogP contribution >= 0.6 is 23.3 Å². The number of hydrogen-bond donors (Lipinski definition) is 1. The number of esters is 1. The summed E-state index contributed by atoms with van der Waals surface area (Å²) in [6.07, 6.45) is 3.67. The van der Waals surface area contributed by atoms with Gasteiger partial charge in [-0.1, -0.05) is 25.1 Å². The molecule has 0 aliphatic carbocycles. The van der Waals surface area contributed by atoms with E-state index in [1.54, 1.807) is 18.8 Å². The number of hydrogen-bond acceptors (Lipinski definition) is 7. The molecule has 1 rings (SSSR count). The third-order valence-corrected chi connectivity index (χ3v) is 5.21. The molecule has 0 radical (unpaired) electrons. The molecule has 1 unspecified atom stereocenters. The summed E-state index contributed by atoms with van der Waals surface area (Å²) < 4.78 is 10.1. The van der Waals surface area contributed by atoms with E-state index in [0.717, 1.165) is 41.6 Å². The maximum atomic E-state index is 11.7. The number of nitrogens with zero attached hydrogens (tertiary/aromatic N) is 2. The Morgan fingerprint density at radius 3 is 2.80 bits per heavy atom. The van der Waals surface area contributed by atoms with Crippen molar-refractivity contribution < 1.29 is 9.53 Å². The van der Waals surface area contributed by atoms with Crippen LogP contribution in [0.2, 0.25) is 0 Å². The second-order valence-electron chi connectivity index (χ2n) is 4.71. The summed E-state index contributed by atoms with van der Waals surface area (Å²) in [5, 5.41) is 3.05. The topological polar surface area (TPSA) is 64.1 Å². The zero-order valence-corrected chi connectivity index (χ0v) is 14.2. The van der Waals surface area contributed by atoms with Gasteiger partial charge in [-0.15, -0.1) is 0 Å². The van der Waals surface area contributed by atoms with E-state index in [4.69, 9.17) is 4.74 Å². The van der Waals surface area contributed by atoms with Gasteiger partial charge in [-0.25, -0.2) is 4.98 Å². The first-order valence-electron chi connectivity index (χ1n) is 6.78. The summed E-state index contributed by atoms with van der Waals surface area (Å²) >= 11 is 3.20. The van der Waals surface area contributed by atoms with Gasteiger partial charge in [0.1, 0.15) is 11.4 Å². The number of methoxy groups -OCH3 is 1. The van der Waals surface area contributed by atoms with Gasteiger partial charge in [-0.2, -0.15) is 4.37 Å². The summed E-state index contributed by atoms with van der Waals surface area (Å²) in [4.78, 5) is 16.1. The summed E-state index contributed by atoms with van der Waals surface area (Å²) in [7, 11) is 3.22. The number of ether oxygens (including phenoxy) is 1. The van der Waals surface area contributed by atoms with E-state index in [0.29, 0.717) is 0 Å². The standard InChI is InChI=1S/C13H23N3O2S2/c1-5-10-15-12(20-16-10)19-9-7-6-8-13(2,14-3)11(17)18-4/h14H,5-9H2,1-4H3. The van der Waals surface area contributed by atoms with Gasteiger partial charge in [-0.05, 0) is 38.3 Å². The molecule has 5 nitrogen and oxygen atoms in total. The molecule has 114 valence electrons. The molecule has 7 heteroatoms. The maximum absolute atomic E-state index is 11.7. The van der Waals surface area contributed by atoms with Gasteiger partial charge in [-0.3, -0.25) is 4.79 Å². The largest absolute Gasteiger partial charge is 0.468 e. The number of unbranched alkanes of at least 4 members (excludes halogenated alkanes) is 1. The molecule has 20 heavy (non-hydrogen) atoms. The lowest BCUT2D eigenvalue weighted by Gasteiger charge is -2.25. The Morgan fingerprint density at radius 2 is 2.25 bits per heavy atom. The van der Waals surface area contributed by atoms with Crippen molar-refractivity contribution in [1.82, 2.24) is 14.7 Å². The van der Waals surface area contributed by atoms with Crippen molar-refractivity contribution in [2.24, 2.45) is 0 Å². The van der Waals surface area contributed by atoms with Gasteiger partial charge < -0.3 is 10.1 Å². The number of likely N-dealkylation sites (N-methyl/N-ethyl adjacent to an activating group) is 1. The predicted octanol–water partition coefficient (Wildman–Crippen LogP) is 2.51. The normalized spacial score (nSPS) is 14.0. The average Bonchev–Trinajstić information content (AvgIpc) is 2.93. The molecule has 0 aliphatic rings. The molecule has 1 heterocycles. The molecule has 0 bridgehead atoms. The minimum Gasteiger partial charge on any atom is -0.468 e. The van der Waals surface area contributed by atoms with E-state index in [1.807, 2.05) is 6.92 Å². The second kappa shape index (κ2) is 8.59. The summed E-state index contributed by atoms with van der Waals surface area (Å²) in [6.45, 7) is 3.94. The number of thioether (sulfide) groups is 1. The zero-order valence-electron chi connectivity index (χ0n) is 12.6. The lowest BCUT2D eigenvalue weighted by Crippen LogP contribution is -2.48. The Hall–Kier alpha value is -0.660. The molecule has 0 aromatic carbocycles. The third kappa shape index (κ3) is 5.03. The van der Waals surface area contributed by atoms with E-state index in [9.17, 15) is 4.79 Å². The third-order valence-electron chi connectivity index (χ3n) is 3.25. The highest BCUT2D eigenvalue weighted by Gasteiger charge is 2.31. The van der Waals surface area contributed by atoms with Crippen molar-refractivity contribution in [2.75, 3.05) is 19.9 Å². The van der Waals surface area contributed by atoms with Crippen LogP contribution in [0.1, 0.15) is 38.9 Å². The van der Waals surface area contributed by atoms with Crippen LogP contribution in [0.25, 0.3) is 0 Å². The Bertz CT molecular complexity index is 426. The lowest BCUT2D eigenvalue weighted by molar-refractivity contribution is -0.148. The molecule has 0 amide bonds. The fraction of sp³-hybridized carbons (Fsp3) is 0.769. The van der Waals surface area contributed by atoms with Crippen LogP contribution in [-0.4, -0.2) is 40.8 Å². The Labute approximate surface area is 129 Å². The number of carbonyl (C=O) groups is 1. The van der Waals surface area contributed by atoms with Gasteiger partial charge in [0, 0.05) is 12.2 Å². The van der Waals surface area contributed by atoms with Gasteiger partial charge in [0.05, 0.1) is 7.11 Å². The maximum Gasteiger partial charge on any atom is 0.325 e. The van der Waals surface area contributed by atoms with Crippen molar-refractivity contribution in [3.63, 3.8) is 0 Å². The second-order valence-corrected chi connectivity index (χ2v) is 6.80. The molecule has 0 fully saturated rings. The van der Waals surface area contributed by atoms with Gasteiger partial charge in [0.2, 0.25) is 0 Å². The number of aromatic nitrogens is 2. The molecule has 1 N–H and O–H groups in total. The molecular formula is C13H23N3O2S2. The summed E-state index contributed by atoms with van der Waals surface area (Å²) in [5.41, 5.74) is -0.586. The highest BCUT2D eigenvalue weighted by molar-refractivity contribution is 8.00. The van der Waals surface area contributed by atoms with E-state index < -0.39 is 5.54 Å². The average molecular weight is 317 g/mol. The van der Waals surface area contributed by atoms with E-state index in [-0.39, 0.29) is 5.97 Å². The van der Waals surface area contributed by atoms with Gasteiger partial charge in [0.25, 0.3) is 0 Å². The SMILES string of the molecule is CCc1nsc(SCCCCC(C)(NC)C(=O)OC)n1. The highest BCUT2D eigenvalue weighted by atomic mass is 32.2. The molecule has 1 aromatic heterocycles. The molecule has 0 saturated carbocycles. The number of aryl methyl sites for hydroxylation is 1. The van der Waals surface area contributed by atoms with Crippen LogP contribution in [0, 0.1) is 0 Å². The van der Waals surface area contributed by atoms with Crippen molar-refractivity contribution in [2.45, 2.75) is 49.4 Å². The van der Waals surface area contributed by atoms with Crippen LogP contribution in [0.4, 0.5) is 0 Å². The van der Waals surface area contributed by atoms with Crippen LogP contribution < -0.4 is 5.32 Å². The minimum atomic E-state index is -0.586. The smallest absolute Gasteiger partial charge is 0.325 e. The van der Waals surface area contributed by atoms with Crippen molar-refractivity contribution in [3.05, 3.63) is 5.82 Å². The highest BCUT2D eigenvalue weighted by Crippen LogP contribution is 2.23.